The predicted molar refractivity (Wildman–Crippen MR) is 84.4 cm³/mol. The number of anilines is 1. The second-order valence-corrected chi connectivity index (χ2v) is 6.80. The van der Waals surface area contributed by atoms with Crippen LogP contribution >= 0.6 is 0 Å². The number of aromatic nitrogens is 3. The van der Waals surface area contributed by atoms with E-state index >= 15 is 0 Å². The Bertz CT molecular complexity index is 810. The molecule has 8 heteroatoms. The van der Waals surface area contributed by atoms with Gasteiger partial charge in [-0.15, -0.1) is 0 Å². The molecule has 0 aromatic carbocycles. The van der Waals surface area contributed by atoms with Crippen molar-refractivity contribution in [1.82, 2.24) is 19.8 Å². The minimum Gasteiger partial charge on any atom is -0.361 e. The topological polar surface area (TPSA) is 84.5 Å². The van der Waals surface area contributed by atoms with Crippen molar-refractivity contribution < 1.29 is 14.1 Å². The van der Waals surface area contributed by atoms with Gasteiger partial charge in [0.1, 0.15) is 11.3 Å². The lowest BCUT2D eigenvalue weighted by molar-refractivity contribution is -0.117. The summed E-state index contributed by atoms with van der Waals surface area (Å²) in [5, 5.41) is 7.81. The number of carbonyl (C=O) groups excluding carboxylic acids is 2. The van der Waals surface area contributed by atoms with Crippen LogP contribution in [0.15, 0.2) is 23.1 Å². The molecule has 0 bridgehead atoms. The molecule has 8 nitrogen and oxygen atoms in total. The standard InChI is InChI=1S/C16H19N5O3/c1-11-13(7-18-24-11)15(23)20-4-3-16(9-20)5-14(22)21(10-16)12-6-17-19(2)8-12/h6-8H,3-5,9-10H2,1-2H3. The van der Waals surface area contributed by atoms with Crippen molar-refractivity contribution >= 4 is 17.5 Å². The van der Waals surface area contributed by atoms with E-state index in [9.17, 15) is 9.59 Å². The summed E-state index contributed by atoms with van der Waals surface area (Å²) in [6.07, 6.45) is 6.30. The molecule has 0 saturated carbocycles. The normalized spacial score (nSPS) is 23.7. The molecule has 2 fully saturated rings. The van der Waals surface area contributed by atoms with Crippen molar-refractivity contribution in [2.75, 3.05) is 24.5 Å². The lowest BCUT2D eigenvalue weighted by Crippen LogP contribution is -2.34. The van der Waals surface area contributed by atoms with Crippen molar-refractivity contribution in [1.29, 1.82) is 0 Å². The van der Waals surface area contributed by atoms with Gasteiger partial charge in [0.05, 0.1) is 18.1 Å². The molecular formula is C16H19N5O3. The van der Waals surface area contributed by atoms with E-state index in [2.05, 4.69) is 10.3 Å². The molecule has 2 aromatic heterocycles. The van der Waals surface area contributed by atoms with E-state index in [0.717, 1.165) is 12.1 Å². The molecular weight excluding hydrogens is 310 g/mol. The van der Waals surface area contributed by atoms with Gasteiger partial charge in [0.15, 0.2) is 0 Å². The summed E-state index contributed by atoms with van der Waals surface area (Å²) >= 11 is 0. The van der Waals surface area contributed by atoms with Gasteiger partial charge in [0.25, 0.3) is 5.91 Å². The number of rotatable bonds is 2. The minimum atomic E-state index is -0.173. The molecule has 2 aliphatic heterocycles. The first-order chi connectivity index (χ1) is 11.5. The van der Waals surface area contributed by atoms with E-state index < -0.39 is 0 Å². The zero-order valence-electron chi connectivity index (χ0n) is 13.7. The number of likely N-dealkylation sites (tertiary alicyclic amines) is 1. The molecule has 2 aliphatic rings. The molecule has 126 valence electrons. The zero-order valence-corrected chi connectivity index (χ0v) is 13.7. The summed E-state index contributed by atoms with van der Waals surface area (Å²) in [6, 6.07) is 0. The fourth-order valence-corrected chi connectivity index (χ4v) is 3.73. The first-order valence-electron chi connectivity index (χ1n) is 7.97. The fraction of sp³-hybridized carbons (Fsp3) is 0.500. The Morgan fingerprint density at radius 1 is 1.33 bits per heavy atom. The highest BCUT2D eigenvalue weighted by Gasteiger charge is 2.49. The number of amides is 2. The third kappa shape index (κ3) is 2.29. The third-order valence-electron chi connectivity index (χ3n) is 5.03. The van der Waals surface area contributed by atoms with Crippen LogP contribution in [0.1, 0.15) is 29.0 Å². The fourth-order valence-electron chi connectivity index (χ4n) is 3.73. The molecule has 0 N–H and O–H groups in total. The molecule has 1 spiro atoms. The smallest absolute Gasteiger partial charge is 0.259 e. The van der Waals surface area contributed by atoms with Crippen molar-refractivity contribution in [3.8, 4) is 0 Å². The van der Waals surface area contributed by atoms with Gasteiger partial charge in [-0.2, -0.15) is 5.10 Å². The van der Waals surface area contributed by atoms with Crippen LogP contribution in [-0.2, 0) is 11.8 Å². The predicted octanol–water partition coefficient (Wildman–Crippen LogP) is 0.986. The summed E-state index contributed by atoms with van der Waals surface area (Å²) in [5.74, 6) is 0.553. The molecule has 4 rings (SSSR count). The molecule has 4 heterocycles. The highest BCUT2D eigenvalue weighted by Crippen LogP contribution is 2.42. The van der Waals surface area contributed by atoms with E-state index in [1.807, 2.05) is 13.2 Å². The van der Waals surface area contributed by atoms with E-state index in [4.69, 9.17) is 4.52 Å². The molecule has 0 aliphatic carbocycles. The van der Waals surface area contributed by atoms with Crippen LogP contribution in [0.2, 0.25) is 0 Å². The van der Waals surface area contributed by atoms with Gasteiger partial charge in [-0.3, -0.25) is 14.3 Å². The maximum atomic E-state index is 12.6. The SMILES string of the molecule is Cc1oncc1C(=O)N1CCC2(CC(=O)N(c3cnn(C)c3)C2)C1. The van der Waals surface area contributed by atoms with Gasteiger partial charge in [-0.25, -0.2) is 0 Å². The Morgan fingerprint density at radius 2 is 2.17 bits per heavy atom. The molecule has 2 saturated heterocycles. The maximum absolute atomic E-state index is 12.6. The molecule has 2 aromatic rings. The minimum absolute atomic E-state index is 0.0714. The summed E-state index contributed by atoms with van der Waals surface area (Å²) in [4.78, 5) is 28.7. The van der Waals surface area contributed by atoms with Gasteiger partial charge < -0.3 is 14.3 Å². The van der Waals surface area contributed by atoms with E-state index in [-0.39, 0.29) is 17.2 Å². The van der Waals surface area contributed by atoms with Crippen LogP contribution in [0.25, 0.3) is 0 Å². The van der Waals surface area contributed by atoms with Crippen LogP contribution in [-0.4, -0.2) is 51.3 Å². The second-order valence-electron chi connectivity index (χ2n) is 6.80. The van der Waals surface area contributed by atoms with Crippen LogP contribution in [0.5, 0.6) is 0 Å². The van der Waals surface area contributed by atoms with Gasteiger partial charge in [-0.1, -0.05) is 5.16 Å². The van der Waals surface area contributed by atoms with Crippen molar-refractivity contribution in [3.05, 3.63) is 29.9 Å². The Morgan fingerprint density at radius 3 is 2.83 bits per heavy atom. The van der Waals surface area contributed by atoms with Gasteiger partial charge in [-0.05, 0) is 13.3 Å². The first-order valence-corrected chi connectivity index (χ1v) is 7.97. The van der Waals surface area contributed by atoms with Crippen molar-refractivity contribution in [3.63, 3.8) is 0 Å². The number of nitrogens with zero attached hydrogens (tertiary/aromatic N) is 5. The number of carbonyl (C=O) groups is 2. The average molecular weight is 329 g/mol. The third-order valence-corrected chi connectivity index (χ3v) is 5.03. The Labute approximate surface area is 139 Å². The van der Waals surface area contributed by atoms with Crippen LogP contribution < -0.4 is 4.90 Å². The van der Waals surface area contributed by atoms with E-state index in [1.54, 1.807) is 27.6 Å². The first kappa shape index (κ1) is 14.9. The Hall–Kier alpha value is -2.64. The quantitative estimate of drug-likeness (QED) is 0.820. The summed E-state index contributed by atoms with van der Waals surface area (Å²) in [7, 11) is 1.83. The summed E-state index contributed by atoms with van der Waals surface area (Å²) in [6.45, 7) is 3.59. The van der Waals surface area contributed by atoms with Gasteiger partial charge >= 0.3 is 0 Å². The largest absolute Gasteiger partial charge is 0.361 e. The number of hydrogen-bond acceptors (Lipinski definition) is 5. The monoisotopic (exact) mass is 329 g/mol. The van der Waals surface area contributed by atoms with Gasteiger partial charge in [0.2, 0.25) is 5.91 Å². The van der Waals surface area contributed by atoms with Crippen LogP contribution in [0, 0.1) is 12.3 Å². The van der Waals surface area contributed by atoms with Crippen LogP contribution in [0.3, 0.4) is 0 Å². The van der Waals surface area contributed by atoms with Crippen molar-refractivity contribution in [2.24, 2.45) is 12.5 Å². The maximum Gasteiger partial charge on any atom is 0.259 e. The van der Waals surface area contributed by atoms with E-state index in [0.29, 0.717) is 37.4 Å². The molecule has 1 unspecified atom stereocenters. The lowest BCUT2D eigenvalue weighted by Gasteiger charge is -2.23. The molecule has 0 radical (unpaired) electrons. The zero-order chi connectivity index (χ0) is 16.9. The molecule has 24 heavy (non-hydrogen) atoms. The summed E-state index contributed by atoms with van der Waals surface area (Å²) < 4.78 is 6.67. The summed E-state index contributed by atoms with van der Waals surface area (Å²) in [5.41, 5.74) is 1.15. The lowest BCUT2D eigenvalue weighted by atomic mass is 9.86. The molecule has 2 amide bonds. The Balaban J connectivity index is 1.51. The van der Waals surface area contributed by atoms with Crippen LogP contribution in [0.4, 0.5) is 5.69 Å². The highest BCUT2D eigenvalue weighted by atomic mass is 16.5. The van der Waals surface area contributed by atoms with Gasteiger partial charge in [0, 0.05) is 44.7 Å². The second kappa shape index (κ2) is 5.19. The number of aryl methyl sites for hydroxylation is 2. The van der Waals surface area contributed by atoms with Crippen molar-refractivity contribution in [2.45, 2.75) is 19.8 Å². The Kier molecular flexibility index (Phi) is 3.22. The van der Waals surface area contributed by atoms with E-state index in [1.165, 1.54) is 6.20 Å². The highest BCUT2D eigenvalue weighted by molar-refractivity contribution is 5.97. The number of hydrogen-bond donors (Lipinski definition) is 0. The average Bonchev–Trinajstić information content (AvgIpc) is 3.29. The molecule has 1 atom stereocenters.